The van der Waals surface area contributed by atoms with Crippen LogP contribution >= 0.6 is 22.6 Å². The molecule has 0 saturated heterocycles. The van der Waals surface area contributed by atoms with Gasteiger partial charge in [-0.05, 0) is 46.7 Å². The Labute approximate surface area is 85.3 Å². The van der Waals surface area contributed by atoms with Crippen LogP contribution in [0.25, 0.3) is 0 Å². The summed E-state index contributed by atoms with van der Waals surface area (Å²) < 4.78 is 1.20. The number of nitrogens with two attached hydrogens (primary N) is 1. The van der Waals surface area contributed by atoms with Crippen molar-refractivity contribution in [3.63, 3.8) is 0 Å². The number of hydrogen-bond donors (Lipinski definition) is 1. The number of benzene rings is 1. The molecular weight excluding hydrogens is 265 g/mol. The number of halogens is 1. The van der Waals surface area contributed by atoms with E-state index in [0.29, 0.717) is 6.42 Å². The number of amides is 1. The van der Waals surface area contributed by atoms with Gasteiger partial charge in [0.1, 0.15) is 0 Å². The van der Waals surface area contributed by atoms with Gasteiger partial charge in [0, 0.05) is 9.99 Å². The molecule has 1 aromatic carbocycles. The minimum absolute atomic E-state index is 0.242. The van der Waals surface area contributed by atoms with E-state index >= 15 is 0 Å². The van der Waals surface area contributed by atoms with E-state index in [1.54, 1.807) is 0 Å². The van der Waals surface area contributed by atoms with Crippen molar-refractivity contribution in [2.45, 2.75) is 12.8 Å². The van der Waals surface area contributed by atoms with E-state index in [1.165, 1.54) is 3.57 Å². The molecule has 12 heavy (non-hydrogen) atoms. The van der Waals surface area contributed by atoms with Crippen molar-refractivity contribution in [1.29, 1.82) is 0 Å². The van der Waals surface area contributed by atoms with E-state index in [1.807, 2.05) is 24.3 Å². The Kier molecular flexibility index (Phi) is 3.52. The van der Waals surface area contributed by atoms with E-state index in [-0.39, 0.29) is 5.91 Å². The Hall–Kier alpha value is -0.580. The van der Waals surface area contributed by atoms with Gasteiger partial charge in [-0.25, -0.2) is 0 Å². The normalized spacial score (nSPS) is 9.75. The second kappa shape index (κ2) is 4.45. The van der Waals surface area contributed by atoms with Crippen LogP contribution in [0.1, 0.15) is 12.0 Å². The molecular formula is C9H10INO. The molecule has 0 atom stereocenters. The van der Waals surface area contributed by atoms with Crippen molar-refractivity contribution in [3.05, 3.63) is 33.4 Å². The van der Waals surface area contributed by atoms with Crippen molar-refractivity contribution in [3.8, 4) is 0 Å². The Morgan fingerprint density at radius 3 is 2.42 bits per heavy atom. The smallest absolute Gasteiger partial charge is 0.217 e. The molecule has 1 rings (SSSR count). The molecule has 0 saturated carbocycles. The molecule has 0 unspecified atom stereocenters. The summed E-state index contributed by atoms with van der Waals surface area (Å²) in [6.07, 6.45) is 1.17. The Bertz CT molecular complexity index is 268. The number of rotatable bonds is 3. The first-order valence-corrected chi connectivity index (χ1v) is 4.79. The molecule has 0 fully saturated rings. The number of aryl methyl sites for hydroxylation is 1. The maximum absolute atomic E-state index is 10.5. The summed E-state index contributed by atoms with van der Waals surface area (Å²) in [6.45, 7) is 0. The lowest BCUT2D eigenvalue weighted by molar-refractivity contribution is -0.117. The summed E-state index contributed by atoms with van der Waals surface area (Å²) >= 11 is 2.25. The summed E-state index contributed by atoms with van der Waals surface area (Å²) in [6, 6.07) is 8.09. The summed E-state index contributed by atoms with van der Waals surface area (Å²) in [5.41, 5.74) is 6.19. The number of carbonyl (C=O) groups excluding carboxylic acids is 1. The molecule has 0 bridgehead atoms. The monoisotopic (exact) mass is 275 g/mol. The first-order chi connectivity index (χ1) is 5.68. The molecule has 0 aliphatic heterocycles. The van der Waals surface area contributed by atoms with Crippen LogP contribution in [0.15, 0.2) is 24.3 Å². The van der Waals surface area contributed by atoms with Crippen LogP contribution in [-0.2, 0) is 11.2 Å². The summed E-state index contributed by atoms with van der Waals surface area (Å²) in [4.78, 5) is 10.5. The number of hydrogen-bond acceptors (Lipinski definition) is 1. The minimum Gasteiger partial charge on any atom is -0.370 e. The van der Waals surface area contributed by atoms with Gasteiger partial charge < -0.3 is 5.73 Å². The zero-order valence-electron chi connectivity index (χ0n) is 6.59. The lowest BCUT2D eigenvalue weighted by Gasteiger charge is -1.98. The lowest BCUT2D eigenvalue weighted by atomic mass is 10.1. The quantitative estimate of drug-likeness (QED) is 0.838. The molecule has 0 aliphatic rings. The fourth-order valence-electron chi connectivity index (χ4n) is 0.919. The van der Waals surface area contributed by atoms with Crippen molar-refractivity contribution in [2.75, 3.05) is 0 Å². The van der Waals surface area contributed by atoms with Crippen molar-refractivity contribution < 1.29 is 4.79 Å². The van der Waals surface area contributed by atoms with Crippen LogP contribution in [0.4, 0.5) is 0 Å². The number of carbonyl (C=O) groups is 1. The van der Waals surface area contributed by atoms with Crippen LogP contribution < -0.4 is 5.73 Å². The van der Waals surface area contributed by atoms with Crippen molar-refractivity contribution >= 4 is 28.5 Å². The molecule has 1 amide bonds. The lowest BCUT2D eigenvalue weighted by Crippen LogP contribution is -2.11. The minimum atomic E-state index is -0.242. The highest BCUT2D eigenvalue weighted by Gasteiger charge is 1.96. The highest BCUT2D eigenvalue weighted by atomic mass is 127. The molecule has 1 aromatic rings. The largest absolute Gasteiger partial charge is 0.370 e. The zero-order valence-corrected chi connectivity index (χ0v) is 8.74. The SMILES string of the molecule is NC(=O)CCc1ccc(I)cc1. The summed E-state index contributed by atoms with van der Waals surface area (Å²) in [5.74, 6) is -0.242. The van der Waals surface area contributed by atoms with Crippen LogP contribution in [0.2, 0.25) is 0 Å². The third-order valence-corrected chi connectivity index (χ3v) is 2.29. The molecule has 2 N–H and O–H groups in total. The third kappa shape index (κ3) is 3.21. The summed E-state index contributed by atoms with van der Waals surface area (Å²) in [5, 5.41) is 0. The molecule has 0 spiro atoms. The fraction of sp³-hybridized carbons (Fsp3) is 0.222. The molecule has 3 heteroatoms. The van der Waals surface area contributed by atoms with E-state index < -0.39 is 0 Å². The molecule has 64 valence electrons. The average Bonchev–Trinajstić information content (AvgIpc) is 2.03. The highest BCUT2D eigenvalue weighted by molar-refractivity contribution is 14.1. The average molecular weight is 275 g/mol. The van der Waals surface area contributed by atoms with Gasteiger partial charge in [0.2, 0.25) is 5.91 Å². The zero-order chi connectivity index (χ0) is 8.97. The van der Waals surface area contributed by atoms with E-state index in [4.69, 9.17) is 5.73 Å². The van der Waals surface area contributed by atoms with E-state index in [2.05, 4.69) is 22.6 Å². The predicted molar refractivity (Wildman–Crippen MR) is 56.7 cm³/mol. The van der Waals surface area contributed by atoms with Crippen LogP contribution in [-0.4, -0.2) is 5.91 Å². The van der Waals surface area contributed by atoms with Crippen molar-refractivity contribution in [1.82, 2.24) is 0 Å². The summed E-state index contributed by atoms with van der Waals surface area (Å²) in [7, 11) is 0. The Morgan fingerprint density at radius 2 is 1.92 bits per heavy atom. The van der Waals surface area contributed by atoms with Crippen LogP contribution in [0.3, 0.4) is 0 Å². The predicted octanol–water partition coefficient (Wildman–Crippen LogP) is 1.71. The maximum atomic E-state index is 10.5. The standard InChI is InChI=1S/C9H10INO/c10-8-4-1-7(2-5-8)3-6-9(11)12/h1-2,4-5H,3,6H2,(H2,11,12). The molecule has 0 radical (unpaired) electrons. The molecule has 0 heterocycles. The van der Waals surface area contributed by atoms with Gasteiger partial charge in [-0.1, -0.05) is 12.1 Å². The van der Waals surface area contributed by atoms with Gasteiger partial charge in [-0.3, -0.25) is 4.79 Å². The van der Waals surface area contributed by atoms with Crippen molar-refractivity contribution in [2.24, 2.45) is 5.73 Å². The first-order valence-electron chi connectivity index (χ1n) is 3.71. The van der Waals surface area contributed by atoms with Gasteiger partial charge in [0.25, 0.3) is 0 Å². The van der Waals surface area contributed by atoms with Gasteiger partial charge in [-0.15, -0.1) is 0 Å². The second-order valence-electron chi connectivity index (χ2n) is 2.59. The van der Waals surface area contributed by atoms with Crippen LogP contribution in [0, 0.1) is 3.57 Å². The van der Waals surface area contributed by atoms with Crippen LogP contribution in [0.5, 0.6) is 0 Å². The Morgan fingerprint density at radius 1 is 1.33 bits per heavy atom. The topological polar surface area (TPSA) is 43.1 Å². The maximum Gasteiger partial charge on any atom is 0.217 e. The number of primary amides is 1. The van der Waals surface area contributed by atoms with Gasteiger partial charge >= 0.3 is 0 Å². The molecule has 0 aromatic heterocycles. The molecule has 2 nitrogen and oxygen atoms in total. The van der Waals surface area contributed by atoms with Gasteiger partial charge in [0.05, 0.1) is 0 Å². The van der Waals surface area contributed by atoms with E-state index in [9.17, 15) is 4.79 Å². The van der Waals surface area contributed by atoms with Gasteiger partial charge in [0.15, 0.2) is 0 Å². The third-order valence-electron chi connectivity index (χ3n) is 1.57. The second-order valence-corrected chi connectivity index (χ2v) is 3.84. The fourth-order valence-corrected chi connectivity index (χ4v) is 1.28. The Balaban J connectivity index is 2.53. The highest BCUT2D eigenvalue weighted by Crippen LogP contribution is 2.08. The van der Waals surface area contributed by atoms with E-state index in [0.717, 1.165) is 12.0 Å². The van der Waals surface area contributed by atoms with Gasteiger partial charge in [-0.2, -0.15) is 0 Å². The molecule has 0 aliphatic carbocycles. The first kappa shape index (κ1) is 9.51.